The molecule has 2 aromatic rings. The first-order valence-electron chi connectivity index (χ1n) is 5.56. The van der Waals surface area contributed by atoms with Gasteiger partial charge in [0.1, 0.15) is 0 Å². The fourth-order valence-corrected chi connectivity index (χ4v) is 2.54. The van der Waals surface area contributed by atoms with E-state index in [-0.39, 0.29) is 10.8 Å². The molecule has 0 bridgehead atoms. The van der Waals surface area contributed by atoms with Gasteiger partial charge in [-0.2, -0.15) is 0 Å². The van der Waals surface area contributed by atoms with Gasteiger partial charge >= 0.3 is 0 Å². The van der Waals surface area contributed by atoms with E-state index in [0.717, 1.165) is 4.47 Å². The van der Waals surface area contributed by atoms with Gasteiger partial charge in [0.05, 0.1) is 4.90 Å². The van der Waals surface area contributed by atoms with Crippen LogP contribution in [0.5, 0.6) is 0 Å². The molecule has 2 aromatic carbocycles. The van der Waals surface area contributed by atoms with Crippen molar-refractivity contribution in [3.8, 4) is 0 Å². The lowest BCUT2D eigenvalue weighted by Crippen LogP contribution is -2.14. The van der Waals surface area contributed by atoms with E-state index in [1.54, 1.807) is 30.3 Å². The number of halogens is 1. The predicted octanol–water partition coefficient (Wildman–Crippen LogP) is 2.35. The van der Waals surface area contributed by atoms with E-state index in [4.69, 9.17) is 5.14 Å². The van der Waals surface area contributed by atoms with Crippen LogP contribution in [0, 0.1) is 0 Å². The maximum absolute atomic E-state index is 12.0. The van der Waals surface area contributed by atoms with E-state index >= 15 is 0 Å². The maximum atomic E-state index is 12.0. The average molecular weight is 355 g/mol. The van der Waals surface area contributed by atoms with Crippen LogP contribution in [0.15, 0.2) is 57.9 Å². The fourth-order valence-electron chi connectivity index (χ4n) is 1.58. The van der Waals surface area contributed by atoms with Crippen LogP contribution in [0.3, 0.4) is 0 Å². The van der Waals surface area contributed by atoms with Crippen LogP contribution >= 0.6 is 15.9 Å². The summed E-state index contributed by atoms with van der Waals surface area (Å²) >= 11 is 3.28. The lowest BCUT2D eigenvalue weighted by Gasteiger charge is -2.07. The summed E-state index contributed by atoms with van der Waals surface area (Å²) in [6.45, 7) is 0. The minimum absolute atomic E-state index is 0.0513. The number of nitrogens with two attached hydrogens (primary N) is 1. The SMILES string of the molecule is NS(=O)(=O)c1cccc(NC(=O)c2cccc(Br)c2)c1. The van der Waals surface area contributed by atoms with Crippen molar-refractivity contribution in [2.24, 2.45) is 5.14 Å². The van der Waals surface area contributed by atoms with Crippen LogP contribution < -0.4 is 10.5 Å². The first-order chi connectivity index (χ1) is 9.36. The van der Waals surface area contributed by atoms with Crippen LogP contribution in [0.4, 0.5) is 5.69 Å². The summed E-state index contributed by atoms with van der Waals surface area (Å²) in [6.07, 6.45) is 0. The fraction of sp³-hybridized carbons (Fsp3) is 0. The van der Waals surface area contributed by atoms with Crippen molar-refractivity contribution < 1.29 is 13.2 Å². The van der Waals surface area contributed by atoms with Crippen LogP contribution in [0.2, 0.25) is 0 Å². The molecule has 0 atom stereocenters. The highest BCUT2D eigenvalue weighted by Gasteiger charge is 2.10. The Morgan fingerprint density at radius 3 is 2.45 bits per heavy atom. The van der Waals surface area contributed by atoms with E-state index < -0.39 is 10.0 Å². The Morgan fingerprint density at radius 1 is 1.10 bits per heavy atom. The van der Waals surface area contributed by atoms with Crippen LogP contribution in [-0.4, -0.2) is 14.3 Å². The number of nitrogens with one attached hydrogen (secondary N) is 1. The highest BCUT2D eigenvalue weighted by molar-refractivity contribution is 9.10. The second-order valence-corrected chi connectivity index (χ2v) is 6.51. The number of sulfonamides is 1. The molecule has 5 nitrogen and oxygen atoms in total. The summed E-state index contributed by atoms with van der Waals surface area (Å²) in [5.74, 6) is -0.335. The number of primary sulfonamides is 1. The summed E-state index contributed by atoms with van der Waals surface area (Å²) in [5.41, 5.74) is 0.821. The van der Waals surface area contributed by atoms with E-state index in [0.29, 0.717) is 11.3 Å². The molecule has 3 N–H and O–H groups in total. The molecule has 0 radical (unpaired) electrons. The average Bonchev–Trinajstić information content (AvgIpc) is 2.38. The number of benzene rings is 2. The van der Waals surface area contributed by atoms with Crippen molar-refractivity contribution in [1.82, 2.24) is 0 Å². The molecule has 0 saturated heterocycles. The number of hydrogen-bond acceptors (Lipinski definition) is 3. The summed E-state index contributed by atoms with van der Waals surface area (Å²) in [7, 11) is -3.79. The molecule has 1 amide bonds. The molecular formula is C13H11BrN2O3S. The second-order valence-electron chi connectivity index (χ2n) is 4.04. The lowest BCUT2D eigenvalue weighted by molar-refractivity contribution is 0.102. The van der Waals surface area contributed by atoms with Crippen LogP contribution in [0.25, 0.3) is 0 Å². The standard InChI is InChI=1S/C13H11BrN2O3S/c14-10-4-1-3-9(7-10)13(17)16-11-5-2-6-12(8-11)20(15,18)19/h1-8H,(H,16,17)(H2,15,18,19). The van der Waals surface area contributed by atoms with Crippen molar-refractivity contribution in [2.75, 3.05) is 5.32 Å². The van der Waals surface area contributed by atoms with Crippen molar-refractivity contribution in [2.45, 2.75) is 4.90 Å². The topological polar surface area (TPSA) is 89.3 Å². The van der Waals surface area contributed by atoms with Gasteiger partial charge in [-0.1, -0.05) is 28.1 Å². The first kappa shape index (κ1) is 14.7. The van der Waals surface area contributed by atoms with Gasteiger partial charge in [-0.25, -0.2) is 13.6 Å². The number of carbonyl (C=O) groups excluding carboxylic acids is 1. The molecule has 0 aliphatic rings. The highest BCUT2D eigenvalue weighted by Crippen LogP contribution is 2.16. The third kappa shape index (κ3) is 3.66. The molecule has 0 fully saturated rings. The molecule has 0 spiro atoms. The number of hydrogen-bond donors (Lipinski definition) is 2. The normalized spacial score (nSPS) is 11.1. The van der Waals surface area contributed by atoms with Crippen LogP contribution in [0.1, 0.15) is 10.4 Å². The highest BCUT2D eigenvalue weighted by atomic mass is 79.9. The van der Waals surface area contributed by atoms with Gasteiger partial charge in [0.25, 0.3) is 5.91 Å². The smallest absolute Gasteiger partial charge is 0.255 e. The van der Waals surface area contributed by atoms with Crippen LogP contribution in [-0.2, 0) is 10.0 Å². The zero-order valence-corrected chi connectivity index (χ0v) is 12.6. The molecule has 0 saturated carbocycles. The summed E-state index contributed by atoms with van der Waals surface area (Å²) in [5, 5.41) is 7.66. The van der Waals surface area contributed by atoms with Gasteiger partial charge < -0.3 is 5.32 Å². The second kappa shape index (κ2) is 5.74. The van der Waals surface area contributed by atoms with E-state index in [2.05, 4.69) is 21.2 Å². The number of carbonyl (C=O) groups is 1. The minimum Gasteiger partial charge on any atom is -0.322 e. The van der Waals surface area contributed by atoms with Gasteiger partial charge in [0, 0.05) is 15.7 Å². The van der Waals surface area contributed by atoms with Gasteiger partial charge in [0.15, 0.2) is 0 Å². The monoisotopic (exact) mass is 354 g/mol. The molecule has 0 aliphatic heterocycles. The molecular weight excluding hydrogens is 344 g/mol. The summed E-state index contributed by atoms with van der Waals surface area (Å²) in [6, 6.07) is 12.6. The number of amides is 1. The molecule has 104 valence electrons. The van der Waals surface area contributed by atoms with Gasteiger partial charge in [-0.15, -0.1) is 0 Å². The minimum atomic E-state index is -3.79. The van der Waals surface area contributed by atoms with Gasteiger partial charge in [0.2, 0.25) is 10.0 Å². The largest absolute Gasteiger partial charge is 0.322 e. The Morgan fingerprint density at radius 2 is 1.80 bits per heavy atom. The van der Waals surface area contributed by atoms with Crippen molar-refractivity contribution in [1.29, 1.82) is 0 Å². The number of anilines is 1. The van der Waals surface area contributed by atoms with Crippen molar-refractivity contribution in [3.63, 3.8) is 0 Å². The summed E-state index contributed by atoms with van der Waals surface area (Å²) in [4.78, 5) is 12.0. The zero-order valence-electron chi connectivity index (χ0n) is 10.2. The molecule has 0 aromatic heterocycles. The lowest BCUT2D eigenvalue weighted by atomic mass is 10.2. The van der Waals surface area contributed by atoms with Gasteiger partial charge in [-0.05, 0) is 36.4 Å². The Hall–Kier alpha value is -1.70. The summed E-state index contributed by atoms with van der Waals surface area (Å²) < 4.78 is 23.3. The molecule has 0 heterocycles. The quantitative estimate of drug-likeness (QED) is 0.886. The Bertz CT molecular complexity index is 760. The molecule has 2 rings (SSSR count). The molecule has 20 heavy (non-hydrogen) atoms. The van der Waals surface area contributed by atoms with Gasteiger partial charge in [-0.3, -0.25) is 4.79 Å². The first-order valence-corrected chi connectivity index (χ1v) is 7.90. The molecule has 0 unspecified atom stereocenters. The molecule has 0 aliphatic carbocycles. The Balaban J connectivity index is 2.25. The third-order valence-corrected chi connectivity index (χ3v) is 3.91. The van der Waals surface area contributed by atoms with E-state index in [1.165, 1.54) is 18.2 Å². The van der Waals surface area contributed by atoms with E-state index in [1.807, 2.05) is 0 Å². The van der Waals surface area contributed by atoms with Crippen molar-refractivity contribution >= 4 is 37.5 Å². The van der Waals surface area contributed by atoms with E-state index in [9.17, 15) is 13.2 Å². The van der Waals surface area contributed by atoms with Crippen molar-refractivity contribution in [3.05, 3.63) is 58.6 Å². The molecule has 7 heteroatoms. The number of rotatable bonds is 3. The Labute approximate surface area is 125 Å². The predicted molar refractivity (Wildman–Crippen MR) is 79.9 cm³/mol. The third-order valence-electron chi connectivity index (χ3n) is 2.51. The zero-order chi connectivity index (χ0) is 14.8. The Kier molecular flexibility index (Phi) is 4.22. The maximum Gasteiger partial charge on any atom is 0.255 e.